The number of nitrogens with zero attached hydrogens (tertiary/aromatic N) is 1. The molecule has 0 saturated carbocycles. The number of aryl methyl sites for hydroxylation is 1. The number of aliphatic imine (C=N–C) groups is 1. The molecule has 4 nitrogen and oxygen atoms in total. The number of benzene rings is 3. The Bertz CT molecular complexity index is 978. The Hall–Kier alpha value is -3.53. The van der Waals surface area contributed by atoms with E-state index in [0.717, 1.165) is 22.6 Å². The van der Waals surface area contributed by atoms with Gasteiger partial charge in [0.1, 0.15) is 5.75 Å². The summed E-state index contributed by atoms with van der Waals surface area (Å²) in [5.74, 6) is 2.47. The lowest BCUT2D eigenvalue weighted by Gasteiger charge is -2.11. The average Bonchev–Trinajstić information content (AvgIpc) is 2.72. The highest BCUT2D eigenvalue weighted by Crippen LogP contribution is 2.26. The SMILES string of the molecule is COc1ccccc1OC=C(C)C(=Nc1ccccc1)Oc1cccc(C)c1. The predicted octanol–water partition coefficient (Wildman–Crippen LogP) is 6.10. The van der Waals surface area contributed by atoms with Gasteiger partial charge in [0.2, 0.25) is 5.90 Å². The van der Waals surface area contributed by atoms with Crippen LogP contribution in [0.4, 0.5) is 5.69 Å². The van der Waals surface area contributed by atoms with Crippen molar-refractivity contribution in [1.29, 1.82) is 0 Å². The molecule has 0 bridgehead atoms. The zero-order chi connectivity index (χ0) is 19.8. The number of para-hydroxylation sites is 3. The largest absolute Gasteiger partial charge is 0.493 e. The molecule has 0 N–H and O–H groups in total. The molecule has 3 rings (SSSR count). The van der Waals surface area contributed by atoms with Crippen molar-refractivity contribution in [3.05, 3.63) is 96.3 Å². The molecule has 0 aliphatic carbocycles. The molecule has 0 aliphatic heterocycles. The molecule has 0 saturated heterocycles. The molecule has 0 aromatic heterocycles. The molecule has 28 heavy (non-hydrogen) atoms. The average molecular weight is 373 g/mol. The van der Waals surface area contributed by atoms with E-state index in [0.29, 0.717) is 17.4 Å². The van der Waals surface area contributed by atoms with E-state index in [1.807, 2.05) is 92.7 Å². The first-order valence-electron chi connectivity index (χ1n) is 9.01. The highest BCUT2D eigenvalue weighted by atomic mass is 16.5. The first kappa shape index (κ1) is 19.2. The number of methoxy groups -OCH3 is 1. The third kappa shape index (κ3) is 5.24. The highest BCUT2D eigenvalue weighted by molar-refractivity contribution is 5.96. The third-order valence-electron chi connectivity index (χ3n) is 3.96. The summed E-state index contributed by atoms with van der Waals surface area (Å²) >= 11 is 0. The van der Waals surface area contributed by atoms with Crippen LogP contribution in [0.1, 0.15) is 12.5 Å². The molecule has 0 spiro atoms. The van der Waals surface area contributed by atoms with Crippen molar-refractivity contribution in [3.63, 3.8) is 0 Å². The van der Waals surface area contributed by atoms with E-state index in [9.17, 15) is 0 Å². The molecular weight excluding hydrogens is 350 g/mol. The van der Waals surface area contributed by atoms with Crippen LogP contribution in [0.5, 0.6) is 17.2 Å². The summed E-state index contributed by atoms with van der Waals surface area (Å²) in [5.41, 5.74) is 2.66. The van der Waals surface area contributed by atoms with Crippen molar-refractivity contribution < 1.29 is 14.2 Å². The Morgan fingerprint density at radius 1 is 0.857 bits per heavy atom. The van der Waals surface area contributed by atoms with Gasteiger partial charge in [-0.1, -0.05) is 42.5 Å². The molecular formula is C24H23NO3. The zero-order valence-electron chi connectivity index (χ0n) is 16.3. The van der Waals surface area contributed by atoms with Crippen LogP contribution < -0.4 is 14.2 Å². The van der Waals surface area contributed by atoms with Crippen LogP contribution in [0.3, 0.4) is 0 Å². The standard InChI is InChI=1S/C24H23NO3/c1-18-10-9-13-21(16-18)28-24(25-20-11-5-4-6-12-20)19(2)17-27-23-15-8-7-14-22(23)26-3/h4-17H,1-3H3. The van der Waals surface area contributed by atoms with Crippen molar-refractivity contribution in [2.24, 2.45) is 4.99 Å². The predicted molar refractivity (Wildman–Crippen MR) is 113 cm³/mol. The summed E-state index contributed by atoms with van der Waals surface area (Å²) in [6, 6.07) is 25.0. The van der Waals surface area contributed by atoms with Crippen LogP contribution >= 0.6 is 0 Å². The molecule has 0 atom stereocenters. The van der Waals surface area contributed by atoms with Crippen molar-refractivity contribution >= 4 is 11.6 Å². The van der Waals surface area contributed by atoms with Crippen molar-refractivity contribution in [3.8, 4) is 17.2 Å². The third-order valence-corrected chi connectivity index (χ3v) is 3.96. The topological polar surface area (TPSA) is 40.0 Å². The second-order valence-electron chi connectivity index (χ2n) is 6.24. The van der Waals surface area contributed by atoms with Crippen LogP contribution in [0.2, 0.25) is 0 Å². The molecule has 0 aliphatic rings. The molecule has 0 amide bonds. The number of ether oxygens (including phenoxy) is 3. The van der Waals surface area contributed by atoms with Gasteiger partial charge in [0, 0.05) is 5.57 Å². The molecule has 4 heteroatoms. The van der Waals surface area contributed by atoms with Crippen molar-refractivity contribution in [2.75, 3.05) is 7.11 Å². The summed E-state index contributed by atoms with van der Waals surface area (Å²) in [4.78, 5) is 4.65. The second kappa shape index (κ2) is 9.42. The van der Waals surface area contributed by atoms with Gasteiger partial charge >= 0.3 is 0 Å². The Morgan fingerprint density at radius 2 is 1.57 bits per heavy atom. The summed E-state index contributed by atoms with van der Waals surface area (Å²) in [6.07, 6.45) is 1.62. The summed E-state index contributed by atoms with van der Waals surface area (Å²) < 4.78 is 17.2. The second-order valence-corrected chi connectivity index (χ2v) is 6.24. The first-order valence-corrected chi connectivity index (χ1v) is 9.01. The Labute approximate surface area is 165 Å². The molecule has 0 unspecified atom stereocenters. The van der Waals surface area contributed by atoms with Gasteiger partial charge < -0.3 is 14.2 Å². The Balaban J connectivity index is 1.90. The molecule has 3 aromatic carbocycles. The molecule has 0 fully saturated rings. The molecule has 3 aromatic rings. The van der Waals surface area contributed by atoms with E-state index in [4.69, 9.17) is 14.2 Å². The molecule has 142 valence electrons. The minimum Gasteiger partial charge on any atom is -0.493 e. The van der Waals surface area contributed by atoms with Gasteiger partial charge in [0.05, 0.1) is 19.1 Å². The molecule has 0 radical (unpaired) electrons. The van der Waals surface area contributed by atoms with E-state index < -0.39 is 0 Å². The normalized spacial score (nSPS) is 11.8. The van der Waals surface area contributed by atoms with E-state index >= 15 is 0 Å². The van der Waals surface area contributed by atoms with Crippen molar-refractivity contribution in [2.45, 2.75) is 13.8 Å². The Kier molecular flexibility index (Phi) is 6.47. The number of hydrogen-bond donors (Lipinski definition) is 0. The summed E-state index contributed by atoms with van der Waals surface area (Å²) in [7, 11) is 1.61. The molecule has 0 heterocycles. The lowest BCUT2D eigenvalue weighted by atomic mass is 10.2. The number of hydrogen-bond acceptors (Lipinski definition) is 4. The smallest absolute Gasteiger partial charge is 0.225 e. The maximum Gasteiger partial charge on any atom is 0.225 e. The monoisotopic (exact) mass is 373 g/mol. The fourth-order valence-electron chi connectivity index (χ4n) is 2.52. The number of rotatable bonds is 6. The van der Waals surface area contributed by atoms with E-state index in [1.165, 1.54) is 0 Å². The fraction of sp³-hybridized carbons (Fsp3) is 0.125. The lowest BCUT2D eigenvalue weighted by Crippen LogP contribution is -2.11. The zero-order valence-corrected chi connectivity index (χ0v) is 16.3. The first-order chi connectivity index (χ1) is 13.7. The maximum absolute atomic E-state index is 6.08. The van der Waals surface area contributed by atoms with Crippen LogP contribution in [-0.2, 0) is 0 Å². The van der Waals surface area contributed by atoms with Gasteiger partial charge in [0.15, 0.2) is 11.5 Å². The Morgan fingerprint density at radius 3 is 2.29 bits per heavy atom. The minimum absolute atomic E-state index is 0.465. The maximum atomic E-state index is 6.08. The van der Waals surface area contributed by atoms with E-state index in [2.05, 4.69) is 4.99 Å². The highest BCUT2D eigenvalue weighted by Gasteiger charge is 2.09. The summed E-state index contributed by atoms with van der Waals surface area (Å²) in [6.45, 7) is 3.92. The van der Waals surface area contributed by atoms with Crippen LogP contribution in [0, 0.1) is 6.92 Å². The van der Waals surface area contributed by atoms with Crippen LogP contribution in [0.15, 0.2) is 95.7 Å². The van der Waals surface area contributed by atoms with Gasteiger partial charge in [-0.2, -0.15) is 0 Å². The van der Waals surface area contributed by atoms with Crippen LogP contribution in [0.25, 0.3) is 0 Å². The lowest BCUT2D eigenvalue weighted by molar-refractivity contribution is 0.377. The van der Waals surface area contributed by atoms with Gasteiger partial charge in [-0.25, -0.2) is 4.99 Å². The quantitative estimate of drug-likeness (QED) is 0.298. The van der Waals surface area contributed by atoms with Gasteiger partial charge in [-0.3, -0.25) is 0 Å². The van der Waals surface area contributed by atoms with Gasteiger partial charge in [0.25, 0.3) is 0 Å². The van der Waals surface area contributed by atoms with E-state index in [1.54, 1.807) is 13.4 Å². The summed E-state index contributed by atoms with van der Waals surface area (Å²) in [5, 5.41) is 0. The van der Waals surface area contributed by atoms with Crippen molar-refractivity contribution in [1.82, 2.24) is 0 Å². The van der Waals surface area contributed by atoms with Crippen LogP contribution in [-0.4, -0.2) is 13.0 Å². The van der Waals surface area contributed by atoms with Gasteiger partial charge in [-0.15, -0.1) is 0 Å². The minimum atomic E-state index is 0.465. The van der Waals surface area contributed by atoms with E-state index in [-0.39, 0.29) is 0 Å². The van der Waals surface area contributed by atoms with Gasteiger partial charge in [-0.05, 0) is 55.8 Å². The fourth-order valence-corrected chi connectivity index (χ4v) is 2.52.